The minimum Gasteiger partial charge on any atom is -0.396 e. The predicted octanol–water partition coefficient (Wildman–Crippen LogP) is -14.8. The quantitative estimate of drug-likeness (QED) is 0.0854. The van der Waals surface area contributed by atoms with E-state index in [1.807, 2.05) is 0 Å². The first-order chi connectivity index (χ1) is 38.7. The number of hydrogen-bond donors (Lipinski definition) is 21. The zero-order valence-corrected chi connectivity index (χ0v) is 42.8. The first-order valence-corrected chi connectivity index (χ1v) is 26.2. The number of rotatable bonds is 11. The van der Waals surface area contributed by atoms with E-state index in [9.17, 15) is 107 Å². The molecule has 0 radical (unpaired) electrons. The van der Waals surface area contributed by atoms with Crippen LogP contribution in [0, 0.1) is 0 Å². The Bertz CT molecular complexity index is 1890. The third-order valence-corrected chi connectivity index (χ3v) is 15.3. The largest absolute Gasteiger partial charge is 0.396 e. The molecule has 0 aliphatic carbocycles. The molecule has 21 aliphatic rings. The van der Waals surface area contributed by atoms with Crippen molar-refractivity contribution in [2.75, 3.05) is 59.5 Å². The summed E-state index contributed by atoms with van der Waals surface area (Å²) in [6, 6.07) is 0. The lowest BCUT2D eigenvalue weighted by molar-refractivity contribution is -0.397. The van der Waals surface area contributed by atoms with Gasteiger partial charge in [0.2, 0.25) is 0 Å². The van der Waals surface area contributed by atoms with Crippen molar-refractivity contribution in [1.29, 1.82) is 0 Å². The maximum atomic E-state index is 11.6. The van der Waals surface area contributed by atoms with E-state index in [4.69, 9.17) is 71.1 Å². The van der Waals surface area contributed by atoms with Crippen LogP contribution in [0.15, 0.2) is 0 Å². The van der Waals surface area contributed by atoms with Crippen molar-refractivity contribution in [2.45, 2.75) is 221 Å². The highest BCUT2D eigenvalue weighted by atomic mass is 16.8. The van der Waals surface area contributed by atoms with Crippen molar-refractivity contribution in [2.24, 2.45) is 0 Å². The summed E-state index contributed by atoms with van der Waals surface area (Å²) in [7, 11) is 0. The minimum atomic E-state index is -2.21. The maximum Gasteiger partial charge on any atom is 0.187 e. The van der Waals surface area contributed by atoms with Gasteiger partial charge in [-0.15, -0.1) is 0 Å². The molecule has 21 aliphatic heterocycles. The average Bonchev–Trinajstić information content (AvgIpc) is 3.65. The summed E-state index contributed by atoms with van der Waals surface area (Å²) in [5.41, 5.74) is 0. The van der Waals surface area contributed by atoms with E-state index in [-0.39, 0.29) is 19.6 Å². The molecular formula is C45H76O36. The monoisotopic (exact) mass is 1190 g/mol. The summed E-state index contributed by atoms with van der Waals surface area (Å²) in [4.78, 5) is 0. The average molecular weight is 1190 g/mol. The Labute approximate surface area is 458 Å². The van der Waals surface area contributed by atoms with E-state index in [1.54, 1.807) is 0 Å². The van der Waals surface area contributed by atoms with Crippen molar-refractivity contribution >= 4 is 0 Å². The van der Waals surface area contributed by atoms with Gasteiger partial charge in [0.15, 0.2) is 44.0 Å². The molecule has 0 saturated carbocycles. The lowest BCUT2D eigenvalue weighted by Crippen LogP contribution is -2.68. The zero-order valence-electron chi connectivity index (χ0n) is 42.8. The molecule has 21 fully saturated rings. The van der Waals surface area contributed by atoms with Crippen LogP contribution in [-0.2, 0) is 71.1 Å². The van der Waals surface area contributed by atoms with Crippen molar-refractivity contribution in [3.8, 4) is 0 Å². The van der Waals surface area contributed by atoms with E-state index in [2.05, 4.69) is 0 Å². The molecule has 0 spiro atoms. The minimum absolute atomic E-state index is 0.0872. The van der Waals surface area contributed by atoms with Gasteiger partial charge >= 0.3 is 0 Å². The molecule has 81 heavy (non-hydrogen) atoms. The molecule has 36 heteroatoms. The molecule has 21 saturated heterocycles. The fraction of sp³-hybridized carbons (Fsp3) is 1.00. The molecule has 21 rings (SSSR count). The second-order valence-corrected chi connectivity index (χ2v) is 20.6. The summed E-state index contributed by atoms with van der Waals surface area (Å²) in [6.07, 6.45) is -69.9. The van der Waals surface area contributed by atoms with Gasteiger partial charge in [0, 0.05) is 13.2 Å². The van der Waals surface area contributed by atoms with Crippen molar-refractivity contribution in [3.63, 3.8) is 0 Å². The fourth-order valence-electron chi connectivity index (χ4n) is 10.8. The van der Waals surface area contributed by atoms with Crippen LogP contribution in [0.2, 0.25) is 0 Å². The Morgan fingerprint density at radius 1 is 0.222 bits per heavy atom. The SMILES string of the molecule is OCCCOCC1OC2OC3C(CO)OC(OC4C(CO)OC(OC5C(CO)OC(OC6C(CO)OC(OC7C(CO)OC(OC8C(CO)OC(OC1C(O)C2O)C(O)C8O)C(O)C7O)C(O)C6O)C(O)C5O)C(O)C4O)C(O)C3O. The second kappa shape index (κ2) is 28.6. The summed E-state index contributed by atoms with van der Waals surface area (Å²) in [5, 5.41) is 231. The van der Waals surface area contributed by atoms with Gasteiger partial charge in [0.25, 0.3) is 0 Å². The van der Waals surface area contributed by atoms with E-state index >= 15 is 0 Å². The summed E-state index contributed by atoms with van der Waals surface area (Å²) < 4.78 is 86.1. The first kappa shape index (κ1) is 65.5. The van der Waals surface area contributed by atoms with Crippen LogP contribution in [0.3, 0.4) is 0 Å². The molecule has 0 amide bonds. The summed E-state index contributed by atoms with van der Waals surface area (Å²) in [6.45, 7) is -7.28. The zero-order chi connectivity index (χ0) is 58.9. The lowest BCUT2D eigenvalue weighted by atomic mass is 9.95. The van der Waals surface area contributed by atoms with Crippen LogP contribution < -0.4 is 0 Å². The standard InChI is InChI=1S/C45H76O36/c46-2-1-3-67-10-17-38-24(59)31(66)45(74-17)80-37-16(9-52)72-43(29(64)22(37)57)78-35-14(7-50)70-41(27(62)20(35)55)76-33-12(5-48)68-39(25(60)18(33)53)75-32-11(4-47)69-40(26(61)19(32)54)77-34-13(6-49)71-42(28(63)21(34)56)79-36-15(8-51)73-44(81-38)30(65)23(36)58/h11-66H,1-10H2. The van der Waals surface area contributed by atoms with E-state index in [0.717, 1.165) is 0 Å². The molecule has 0 aromatic rings. The smallest absolute Gasteiger partial charge is 0.187 e. The molecule has 0 aromatic heterocycles. The summed E-state index contributed by atoms with van der Waals surface area (Å²) in [5.74, 6) is 0. The molecule has 35 unspecified atom stereocenters. The van der Waals surface area contributed by atoms with Crippen LogP contribution in [0.4, 0.5) is 0 Å². The van der Waals surface area contributed by atoms with Gasteiger partial charge in [-0.2, -0.15) is 0 Å². The first-order valence-electron chi connectivity index (χ1n) is 26.2. The molecule has 36 nitrogen and oxygen atoms in total. The predicted molar refractivity (Wildman–Crippen MR) is 244 cm³/mol. The third-order valence-electron chi connectivity index (χ3n) is 15.3. The number of aliphatic hydroxyl groups is 21. The van der Waals surface area contributed by atoms with Gasteiger partial charge in [0.05, 0.1) is 46.2 Å². The van der Waals surface area contributed by atoms with Crippen molar-refractivity contribution < 1.29 is 178 Å². The van der Waals surface area contributed by atoms with Gasteiger partial charge < -0.3 is 178 Å². The normalized spacial score (nSPS) is 53.2. The number of ether oxygens (including phenoxy) is 15. The molecule has 0 aromatic carbocycles. The van der Waals surface area contributed by atoms with Crippen LogP contribution in [-0.4, -0.2) is 382 Å². The topological polar surface area (TPSA) is 563 Å². The fourth-order valence-corrected chi connectivity index (χ4v) is 10.8. The Morgan fingerprint density at radius 2 is 0.395 bits per heavy atom. The van der Waals surface area contributed by atoms with Gasteiger partial charge in [0.1, 0.15) is 171 Å². The van der Waals surface area contributed by atoms with E-state index in [0.29, 0.717) is 0 Å². The Balaban J connectivity index is 1.09. The van der Waals surface area contributed by atoms with Crippen LogP contribution in [0.1, 0.15) is 6.42 Å². The molecule has 472 valence electrons. The van der Waals surface area contributed by atoms with E-state index < -0.39 is 261 Å². The Hall–Kier alpha value is -1.44. The molecular weight excluding hydrogens is 1120 g/mol. The Kier molecular flexibility index (Phi) is 23.1. The van der Waals surface area contributed by atoms with Crippen LogP contribution >= 0.6 is 0 Å². The third kappa shape index (κ3) is 13.5. The molecule has 21 N–H and O–H groups in total. The number of aliphatic hydroxyl groups excluding tert-OH is 21. The molecule has 21 heterocycles. The molecule has 14 bridgehead atoms. The Morgan fingerprint density at radius 3 is 0.568 bits per heavy atom. The summed E-state index contributed by atoms with van der Waals surface area (Å²) >= 11 is 0. The molecule has 35 atom stereocenters. The van der Waals surface area contributed by atoms with Gasteiger partial charge in [-0.3, -0.25) is 0 Å². The highest BCUT2D eigenvalue weighted by Crippen LogP contribution is 2.39. The highest BCUT2D eigenvalue weighted by molar-refractivity contribution is 5.02. The lowest BCUT2D eigenvalue weighted by Gasteiger charge is -2.50. The van der Waals surface area contributed by atoms with Crippen molar-refractivity contribution in [3.05, 3.63) is 0 Å². The van der Waals surface area contributed by atoms with Gasteiger partial charge in [-0.25, -0.2) is 0 Å². The van der Waals surface area contributed by atoms with Crippen molar-refractivity contribution in [1.82, 2.24) is 0 Å². The van der Waals surface area contributed by atoms with Gasteiger partial charge in [-0.1, -0.05) is 0 Å². The van der Waals surface area contributed by atoms with E-state index in [1.165, 1.54) is 0 Å². The maximum absolute atomic E-state index is 11.6. The number of hydrogen-bond acceptors (Lipinski definition) is 36. The highest BCUT2D eigenvalue weighted by Gasteiger charge is 2.59. The van der Waals surface area contributed by atoms with Crippen LogP contribution in [0.5, 0.6) is 0 Å². The second-order valence-electron chi connectivity index (χ2n) is 20.6. The van der Waals surface area contributed by atoms with Crippen LogP contribution in [0.25, 0.3) is 0 Å². The van der Waals surface area contributed by atoms with Gasteiger partial charge in [-0.05, 0) is 6.42 Å².